The van der Waals surface area contributed by atoms with E-state index >= 15 is 0 Å². The lowest BCUT2D eigenvalue weighted by Crippen LogP contribution is -2.26. The SMILES string of the molecule is O=c1c(Nc2ccccc2C#CCO)nc(Cl)c(-c2ccccc2)n1Cc1ccccc1. The third kappa shape index (κ3) is 4.73. The molecule has 0 saturated carbocycles. The fourth-order valence-electron chi connectivity index (χ4n) is 3.37. The van der Waals surface area contributed by atoms with Crippen LogP contribution in [-0.2, 0) is 6.54 Å². The number of nitrogens with zero attached hydrogens (tertiary/aromatic N) is 2. The third-order valence-electron chi connectivity index (χ3n) is 4.84. The second-order valence-corrected chi connectivity index (χ2v) is 7.33. The first-order valence-electron chi connectivity index (χ1n) is 10.0. The van der Waals surface area contributed by atoms with Crippen LogP contribution >= 0.6 is 11.6 Å². The van der Waals surface area contributed by atoms with Gasteiger partial charge in [0.2, 0.25) is 0 Å². The van der Waals surface area contributed by atoms with Crippen molar-refractivity contribution in [1.29, 1.82) is 0 Å². The summed E-state index contributed by atoms with van der Waals surface area (Å²) in [5.41, 5.74) is 3.27. The Morgan fingerprint density at radius 2 is 1.59 bits per heavy atom. The normalized spacial score (nSPS) is 10.3. The van der Waals surface area contributed by atoms with Crippen LogP contribution in [0.2, 0.25) is 5.15 Å². The fraction of sp³-hybridized carbons (Fsp3) is 0.0769. The lowest BCUT2D eigenvalue weighted by atomic mass is 10.1. The van der Waals surface area contributed by atoms with Gasteiger partial charge in [-0.3, -0.25) is 9.36 Å². The van der Waals surface area contributed by atoms with Crippen molar-refractivity contribution in [3.05, 3.63) is 112 Å². The van der Waals surface area contributed by atoms with Gasteiger partial charge in [-0.1, -0.05) is 96.2 Å². The molecule has 1 heterocycles. The van der Waals surface area contributed by atoms with Gasteiger partial charge in [0.05, 0.1) is 17.9 Å². The molecule has 0 aliphatic heterocycles. The molecule has 158 valence electrons. The predicted octanol–water partition coefficient (Wildman–Crippen LogP) is 4.70. The van der Waals surface area contributed by atoms with Gasteiger partial charge in [0.15, 0.2) is 11.0 Å². The maximum Gasteiger partial charge on any atom is 0.294 e. The van der Waals surface area contributed by atoms with Crippen molar-refractivity contribution >= 4 is 23.1 Å². The van der Waals surface area contributed by atoms with Crippen LogP contribution in [0, 0.1) is 11.8 Å². The molecule has 3 aromatic carbocycles. The molecule has 32 heavy (non-hydrogen) atoms. The van der Waals surface area contributed by atoms with Gasteiger partial charge in [0, 0.05) is 11.1 Å². The van der Waals surface area contributed by atoms with E-state index in [1.165, 1.54) is 0 Å². The number of rotatable bonds is 5. The van der Waals surface area contributed by atoms with Crippen LogP contribution in [0.1, 0.15) is 11.1 Å². The molecule has 4 rings (SSSR count). The molecular formula is C26H20ClN3O2. The highest BCUT2D eigenvalue weighted by Gasteiger charge is 2.18. The number of nitrogens with one attached hydrogen (secondary N) is 1. The lowest BCUT2D eigenvalue weighted by molar-refractivity contribution is 0.350. The Bertz CT molecular complexity index is 1340. The molecule has 0 unspecified atom stereocenters. The van der Waals surface area contributed by atoms with Crippen molar-refractivity contribution < 1.29 is 5.11 Å². The van der Waals surface area contributed by atoms with Crippen molar-refractivity contribution in [1.82, 2.24) is 9.55 Å². The molecule has 5 nitrogen and oxygen atoms in total. The average Bonchev–Trinajstić information content (AvgIpc) is 2.83. The minimum absolute atomic E-state index is 0.101. The first-order chi connectivity index (χ1) is 15.7. The highest BCUT2D eigenvalue weighted by molar-refractivity contribution is 6.32. The minimum Gasteiger partial charge on any atom is -0.384 e. The predicted molar refractivity (Wildman–Crippen MR) is 128 cm³/mol. The summed E-state index contributed by atoms with van der Waals surface area (Å²) in [7, 11) is 0. The second-order valence-electron chi connectivity index (χ2n) is 6.97. The summed E-state index contributed by atoms with van der Waals surface area (Å²) in [5.74, 6) is 5.60. The number of aliphatic hydroxyl groups excluding tert-OH is 1. The zero-order valence-electron chi connectivity index (χ0n) is 17.1. The van der Waals surface area contributed by atoms with Gasteiger partial charge in [-0.15, -0.1) is 0 Å². The summed E-state index contributed by atoms with van der Waals surface area (Å²) < 4.78 is 1.63. The van der Waals surface area contributed by atoms with E-state index in [1.807, 2.05) is 72.8 Å². The number of aliphatic hydroxyl groups is 1. The minimum atomic E-state index is -0.304. The Kier molecular flexibility index (Phi) is 6.66. The number of halogens is 1. The summed E-state index contributed by atoms with van der Waals surface area (Å²) in [6.45, 7) is 0.0842. The zero-order valence-corrected chi connectivity index (χ0v) is 17.9. The molecule has 0 aliphatic carbocycles. The molecule has 0 amide bonds. The van der Waals surface area contributed by atoms with E-state index < -0.39 is 0 Å². The van der Waals surface area contributed by atoms with Crippen molar-refractivity contribution in [2.75, 3.05) is 11.9 Å². The molecule has 1 aromatic heterocycles. The van der Waals surface area contributed by atoms with E-state index in [9.17, 15) is 4.79 Å². The Hall–Kier alpha value is -3.85. The van der Waals surface area contributed by atoms with Crippen LogP contribution < -0.4 is 10.9 Å². The summed E-state index contributed by atoms with van der Waals surface area (Å²) in [4.78, 5) is 17.9. The van der Waals surface area contributed by atoms with Crippen LogP contribution in [0.5, 0.6) is 0 Å². The smallest absolute Gasteiger partial charge is 0.294 e. The average molecular weight is 442 g/mol. The van der Waals surface area contributed by atoms with Gasteiger partial charge in [-0.05, 0) is 17.7 Å². The molecule has 0 radical (unpaired) electrons. The van der Waals surface area contributed by atoms with Gasteiger partial charge in [0.25, 0.3) is 5.56 Å². The Labute approximate surface area is 191 Å². The number of aromatic nitrogens is 2. The highest BCUT2D eigenvalue weighted by Crippen LogP contribution is 2.28. The van der Waals surface area contributed by atoms with Crippen LogP contribution in [0.4, 0.5) is 11.5 Å². The van der Waals surface area contributed by atoms with Crippen molar-refractivity contribution in [2.45, 2.75) is 6.54 Å². The molecule has 2 N–H and O–H groups in total. The maximum atomic E-state index is 13.6. The number of anilines is 2. The topological polar surface area (TPSA) is 67.2 Å². The largest absolute Gasteiger partial charge is 0.384 e. The lowest BCUT2D eigenvalue weighted by Gasteiger charge is -2.17. The molecule has 0 spiro atoms. The molecule has 0 aliphatic rings. The Balaban J connectivity index is 1.85. The van der Waals surface area contributed by atoms with E-state index in [0.29, 0.717) is 23.5 Å². The van der Waals surface area contributed by atoms with Gasteiger partial charge in [-0.25, -0.2) is 4.98 Å². The maximum absolute atomic E-state index is 13.6. The van der Waals surface area contributed by atoms with Gasteiger partial charge < -0.3 is 10.4 Å². The van der Waals surface area contributed by atoms with Gasteiger partial charge in [-0.2, -0.15) is 0 Å². The number of hydrogen-bond donors (Lipinski definition) is 2. The van der Waals surface area contributed by atoms with E-state index in [-0.39, 0.29) is 23.1 Å². The van der Waals surface area contributed by atoms with Crippen LogP contribution in [0.15, 0.2) is 89.7 Å². The first-order valence-corrected chi connectivity index (χ1v) is 10.4. The van der Waals surface area contributed by atoms with Gasteiger partial charge >= 0.3 is 0 Å². The second kappa shape index (κ2) is 9.97. The number of hydrogen-bond acceptors (Lipinski definition) is 4. The molecule has 0 saturated heterocycles. The van der Waals surface area contributed by atoms with Gasteiger partial charge in [0.1, 0.15) is 6.61 Å². The van der Waals surface area contributed by atoms with Crippen LogP contribution in [0.3, 0.4) is 0 Å². The quantitative estimate of drug-likeness (QED) is 0.440. The molecule has 0 atom stereocenters. The van der Waals surface area contributed by atoms with Crippen LogP contribution in [-0.4, -0.2) is 21.3 Å². The summed E-state index contributed by atoms with van der Waals surface area (Å²) in [6, 6.07) is 26.5. The molecule has 4 aromatic rings. The van der Waals surface area contributed by atoms with E-state index in [4.69, 9.17) is 16.7 Å². The molecule has 0 bridgehead atoms. The van der Waals surface area contributed by atoms with E-state index in [2.05, 4.69) is 22.1 Å². The third-order valence-corrected chi connectivity index (χ3v) is 5.10. The Morgan fingerprint density at radius 3 is 2.31 bits per heavy atom. The summed E-state index contributed by atoms with van der Waals surface area (Å²) in [5, 5.41) is 12.3. The fourth-order valence-corrected chi connectivity index (χ4v) is 3.67. The summed E-state index contributed by atoms with van der Waals surface area (Å²) in [6.07, 6.45) is 0. The summed E-state index contributed by atoms with van der Waals surface area (Å²) >= 11 is 6.63. The zero-order chi connectivity index (χ0) is 22.3. The standard InChI is InChI=1S/C26H20ClN3O2/c27-24-23(21-13-5-2-6-14-21)30(18-19-10-3-1-4-11-19)26(32)25(29-24)28-22-16-8-7-12-20(22)15-9-17-31/h1-8,10-14,16,31H,17-18H2,(H,28,29). The number of para-hydroxylation sites is 1. The highest BCUT2D eigenvalue weighted by atomic mass is 35.5. The molecule has 6 heteroatoms. The van der Waals surface area contributed by atoms with Crippen molar-refractivity contribution in [2.24, 2.45) is 0 Å². The van der Waals surface area contributed by atoms with Crippen LogP contribution in [0.25, 0.3) is 11.3 Å². The van der Waals surface area contributed by atoms with Crippen molar-refractivity contribution in [3.8, 4) is 23.1 Å². The first kappa shape index (κ1) is 21.4. The number of benzene rings is 3. The Morgan fingerprint density at radius 1 is 0.938 bits per heavy atom. The van der Waals surface area contributed by atoms with Crippen molar-refractivity contribution in [3.63, 3.8) is 0 Å². The van der Waals surface area contributed by atoms with E-state index in [0.717, 1.165) is 11.1 Å². The monoisotopic (exact) mass is 441 g/mol. The van der Waals surface area contributed by atoms with E-state index in [1.54, 1.807) is 16.7 Å². The molecular weight excluding hydrogens is 422 g/mol. The molecule has 0 fully saturated rings.